The number of anilines is 1. The summed E-state index contributed by atoms with van der Waals surface area (Å²) in [6.07, 6.45) is -0.145. The van der Waals surface area contributed by atoms with Gasteiger partial charge in [-0.25, -0.2) is 8.42 Å². The van der Waals surface area contributed by atoms with Crippen molar-refractivity contribution in [2.45, 2.75) is 31.8 Å². The predicted octanol–water partition coefficient (Wildman–Crippen LogP) is 0.747. The van der Waals surface area contributed by atoms with Gasteiger partial charge in [0.15, 0.2) is 0 Å². The number of amides is 1. The third-order valence-corrected chi connectivity index (χ3v) is 6.32. The first kappa shape index (κ1) is 23.6. The molecule has 10 heteroatoms. The number of sulfonamides is 1. The lowest BCUT2D eigenvalue weighted by atomic mass is 10.2. The van der Waals surface area contributed by atoms with E-state index < -0.39 is 10.0 Å². The monoisotopic (exact) mass is 429 g/mol. The summed E-state index contributed by atoms with van der Waals surface area (Å²) >= 11 is 0. The summed E-state index contributed by atoms with van der Waals surface area (Å²) in [5, 5.41) is 11.8. The molecule has 2 rings (SSSR count). The molecule has 29 heavy (non-hydrogen) atoms. The molecule has 9 nitrogen and oxygen atoms in total. The quantitative estimate of drug-likeness (QED) is 0.565. The molecule has 0 aromatic heterocycles. The summed E-state index contributed by atoms with van der Waals surface area (Å²) in [5.41, 5.74) is 0.304. The molecule has 1 aliphatic rings. The number of hydrogen-bond acceptors (Lipinski definition) is 7. The number of nitrogens with one attached hydrogen (secondary N) is 1. The Morgan fingerprint density at radius 2 is 2.03 bits per heavy atom. The summed E-state index contributed by atoms with van der Waals surface area (Å²) in [7, 11) is -3.70. The molecule has 0 bridgehead atoms. The number of benzene rings is 1. The fraction of sp³-hybridized carbons (Fsp3) is 0.632. The minimum Gasteiger partial charge on any atom is -0.489 e. The van der Waals surface area contributed by atoms with Crippen LogP contribution in [0.2, 0.25) is 0 Å². The molecule has 2 N–H and O–H groups in total. The normalized spacial score (nSPS) is 15.7. The second kappa shape index (κ2) is 10.9. The van der Waals surface area contributed by atoms with Gasteiger partial charge in [-0.3, -0.25) is 9.69 Å². The molecule has 1 aromatic rings. The highest BCUT2D eigenvalue weighted by Crippen LogP contribution is 2.30. The number of rotatable bonds is 10. The van der Waals surface area contributed by atoms with Crippen LogP contribution >= 0.6 is 0 Å². The minimum absolute atomic E-state index is 0.0455. The zero-order valence-electron chi connectivity index (χ0n) is 17.3. The van der Waals surface area contributed by atoms with E-state index in [1.165, 1.54) is 16.4 Å². The smallest absolute Gasteiger partial charge is 0.243 e. The minimum atomic E-state index is -3.70. The van der Waals surface area contributed by atoms with Gasteiger partial charge in [-0.15, -0.1) is 0 Å². The Bertz CT molecular complexity index is 778. The van der Waals surface area contributed by atoms with Gasteiger partial charge in [0.05, 0.1) is 43.1 Å². The van der Waals surface area contributed by atoms with Gasteiger partial charge in [0.2, 0.25) is 15.9 Å². The topological polar surface area (TPSA) is 108 Å². The van der Waals surface area contributed by atoms with Gasteiger partial charge < -0.3 is 19.9 Å². The summed E-state index contributed by atoms with van der Waals surface area (Å²) in [4.78, 5) is 14.4. The second-order valence-electron chi connectivity index (χ2n) is 6.98. The average molecular weight is 430 g/mol. The van der Waals surface area contributed by atoms with Crippen LogP contribution in [0.25, 0.3) is 0 Å². The number of hydrogen-bond donors (Lipinski definition) is 2. The molecule has 0 unspecified atom stereocenters. The number of carbonyl (C=O) groups is 1. The lowest BCUT2D eigenvalue weighted by Crippen LogP contribution is -2.40. The van der Waals surface area contributed by atoms with Crippen LogP contribution in [0.3, 0.4) is 0 Å². The molecule has 0 atom stereocenters. The van der Waals surface area contributed by atoms with E-state index in [4.69, 9.17) is 14.6 Å². The van der Waals surface area contributed by atoms with Gasteiger partial charge in [0, 0.05) is 19.6 Å². The number of ether oxygens (including phenoxy) is 2. The van der Waals surface area contributed by atoms with Crippen molar-refractivity contribution < 1.29 is 27.8 Å². The number of aliphatic hydroxyl groups excluding tert-OH is 1. The molecule has 1 aromatic carbocycles. The maximum absolute atomic E-state index is 12.9. The second-order valence-corrected chi connectivity index (χ2v) is 8.92. The summed E-state index contributed by atoms with van der Waals surface area (Å²) < 4.78 is 38.2. The Morgan fingerprint density at radius 1 is 1.34 bits per heavy atom. The average Bonchev–Trinajstić information content (AvgIpc) is 2.69. The highest BCUT2D eigenvalue weighted by atomic mass is 32.2. The van der Waals surface area contributed by atoms with Crippen LogP contribution in [0, 0.1) is 0 Å². The largest absolute Gasteiger partial charge is 0.489 e. The van der Waals surface area contributed by atoms with Gasteiger partial charge >= 0.3 is 0 Å². The molecular formula is C19H31N3O6S. The molecule has 1 saturated heterocycles. The third-order valence-electron chi connectivity index (χ3n) is 4.43. The van der Waals surface area contributed by atoms with Crippen LogP contribution in [0.5, 0.6) is 5.75 Å². The maximum Gasteiger partial charge on any atom is 0.243 e. The van der Waals surface area contributed by atoms with Crippen LogP contribution < -0.4 is 10.1 Å². The molecular weight excluding hydrogens is 398 g/mol. The number of aliphatic hydroxyl groups is 1. The van der Waals surface area contributed by atoms with E-state index in [9.17, 15) is 13.2 Å². The molecule has 164 valence electrons. The lowest BCUT2D eigenvalue weighted by molar-refractivity contribution is -0.117. The molecule has 0 saturated carbocycles. The van der Waals surface area contributed by atoms with Crippen LogP contribution in [-0.2, 0) is 19.6 Å². The maximum atomic E-state index is 12.9. The van der Waals surface area contributed by atoms with Gasteiger partial charge in [-0.1, -0.05) is 6.92 Å². The number of carbonyl (C=O) groups excluding carboxylic acids is 1. The Morgan fingerprint density at radius 3 is 2.62 bits per heavy atom. The standard InChI is InChI=1S/C19H31N3O6S/c1-4-21(7-10-23)14-19(24)20-17-13-16(5-6-18(17)28-15(2)3)29(25,26)22-8-11-27-12-9-22/h5-6,13,15,23H,4,7-12,14H2,1-3H3,(H,20,24). The van der Waals surface area contributed by atoms with Crippen molar-refractivity contribution in [3.05, 3.63) is 18.2 Å². The SMILES string of the molecule is CCN(CCO)CC(=O)Nc1cc(S(=O)(=O)N2CCOCC2)ccc1OC(C)C. The van der Waals surface area contributed by atoms with Gasteiger partial charge in [-0.2, -0.15) is 4.31 Å². The molecule has 0 aliphatic carbocycles. The van der Waals surface area contributed by atoms with E-state index >= 15 is 0 Å². The number of nitrogens with zero attached hydrogens (tertiary/aromatic N) is 2. The molecule has 1 amide bonds. The van der Waals surface area contributed by atoms with Crippen LogP contribution in [0.1, 0.15) is 20.8 Å². The van der Waals surface area contributed by atoms with E-state index in [1.54, 1.807) is 11.0 Å². The summed E-state index contributed by atoms with van der Waals surface area (Å²) in [6, 6.07) is 4.49. The Hall–Kier alpha value is -1.72. The third kappa shape index (κ3) is 6.65. The van der Waals surface area contributed by atoms with E-state index in [-0.39, 0.29) is 30.1 Å². The van der Waals surface area contributed by atoms with Crippen molar-refractivity contribution in [2.75, 3.05) is 57.9 Å². The Labute approximate surface area is 172 Å². The highest BCUT2D eigenvalue weighted by Gasteiger charge is 2.27. The van der Waals surface area contributed by atoms with E-state index in [2.05, 4.69) is 5.32 Å². The van der Waals surface area contributed by atoms with Crippen molar-refractivity contribution in [1.82, 2.24) is 9.21 Å². The zero-order chi connectivity index (χ0) is 21.4. The van der Waals surface area contributed by atoms with Crippen molar-refractivity contribution >= 4 is 21.6 Å². The first-order chi connectivity index (χ1) is 13.8. The lowest BCUT2D eigenvalue weighted by Gasteiger charge is -2.26. The van der Waals surface area contributed by atoms with Crippen molar-refractivity contribution in [3.8, 4) is 5.75 Å². The Kier molecular flexibility index (Phi) is 8.84. The van der Waals surface area contributed by atoms with E-state index in [0.29, 0.717) is 50.8 Å². The van der Waals surface area contributed by atoms with Crippen LogP contribution in [0.4, 0.5) is 5.69 Å². The fourth-order valence-corrected chi connectivity index (χ4v) is 4.38. The molecule has 0 spiro atoms. The molecule has 1 heterocycles. The fourth-order valence-electron chi connectivity index (χ4n) is 2.94. The van der Waals surface area contributed by atoms with E-state index in [1.807, 2.05) is 20.8 Å². The van der Waals surface area contributed by atoms with E-state index in [0.717, 1.165) is 0 Å². The first-order valence-corrected chi connectivity index (χ1v) is 11.2. The summed E-state index contributed by atoms with van der Waals surface area (Å²) in [5.74, 6) is 0.0920. The van der Waals surface area contributed by atoms with Crippen LogP contribution in [0.15, 0.2) is 23.1 Å². The molecule has 0 radical (unpaired) electrons. The van der Waals surface area contributed by atoms with Crippen molar-refractivity contribution in [3.63, 3.8) is 0 Å². The predicted molar refractivity (Wildman–Crippen MR) is 110 cm³/mol. The number of likely N-dealkylation sites (N-methyl/N-ethyl adjacent to an activating group) is 1. The number of morpholine rings is 1. The van der Waals surface area contributed by atoms with Gasteiger partial charge in [0.25, 0.3) is 0 Å². The highest BCUT2D eigenvalue weighted by molar-refractivity contribution is 7.89. The first-order valence-electron chi connectivity index (χ1n) is 9.79. The van der Waals surface area contributed by atoms with Gasteiger partial charge in [-0.05, 0) is 38.6 Å². The zero-order valence-corrected chi connectivity index (χ0v) is 18.1. The molecule has 1 fully saturated rings. The van der Waals surface area contributed by atoms with Crippen molar-refractivity contribution in [2.24, 2.45) is 0 Å². The molecule has 1 aliphatic heterocycles. The Balaban J connectivity index is 2.27. The summed E-state index contributed by atoms with van der Waals surface area (Å²) in [6.45, 7) is 7.92. The van der Waals surface area contributed by atoms with Crippen LogP contribution in [-0.4, -0.2) is 87.3 Å². The van der Waals surface area contributed by atoms with Gasteiger partial charge in [0.1, 0.15) is 5.75 Å². The van der Waals surface area contributed by atoms with Crippen molar-refractivity contribution in [1.29, 1.82) is 0 Å².